The quantitative estimate of drug-likeness (QED) is 0.369. The van der Waals surface area contributed by atoms with E-state index in [9.17, 15) is 23.5 Å². The predicted molar refractivity (Wildman–Crippen MR) is 117 cm³/mol. The van der Waals surface area contributed by atoms with E-state index in [1.165, 1.54) is 32.2 Å². The van der Waals surface area contributed by atoms with Crippen LogP contribution in [0.3, 0.4) is 0 Å². The fourth-order valence-corrected chi connectivity index (χ4v) is 3.44. The number of halogens is 2. The van der Waals surface area contributed by atoms with E-state index in [4.69, 9.17) is 0 Å². The summed E-state index contributed by atoms with van der Waals surface area (Å²) in [5, 5.41) is 10.0. The van der Waals surface area contributed by atoms with Crippen LogP contribution >= 0.6 is 0 Å². The largest absolute Gasteiger partial charge is 0.393 e. The third-order valence-corrected chi connectivity index (χ3v) is 5.15. The fourth-order valence-electron chi connectivity index (χ4n) is 3.44. The van der Waals surface area contributed by atoms with Gasteiger partial charge in [0.25, 0.3) is 5.92 Å². The maximum Gasteiger partial charge on any atom is 0.294 e. The van der Waals surface area contributed by atoms with Crippen molar-refractivity contribution in [3.8, 4) is 11.1 Å². The lowest BCUT2D eigenvalue weighted by Crippen LogP contribution is -2.17. The number of alkyl halides is 2. The number of hydrogen-bond acceptors (Lipinski definition) is 4. The monoisotopic (exact) mass is 429 g/mol. The van der Waals surface area contributed by atoms with Gasteiger partial charge in [-0.25, -0.2) is 0 Å². The third kappa shape index (κ3) is 6.14. The molecule has 2 aromatic rings. The van der Waals surface area contributed by atoms with E-state index in [0.717, 1.165) is 12.8 Å². The SMILES string of the molecule is C=C(C)C(F)(F)c1ccccc1-c1cnc(C(C)=O)c(CC(=O)CC(O)CCCC)c1. The van der Waals surface area contributed by atoms with Crippen LogP contribution in [0.5, 0.6) is 0 Å². The van der Waals surface area contributed by atoms with E-state index in [0.29, 0.717) is 17.5 Å². The van der Waals surface area contributed by atoms with Gasteiger partial charge < -0.3 is 5.11 Å². The van der Waals surface area contributed by atoms with Crippen LogP contribution < -0.4 is 0 Å². The summed E-state index contributed by atoms with van der Waals surface area (Å²) in [5.74, 6) is -3.79. The average Bonchev–Trinajstić information content (AvgIpc) is 2.71. The topological polar surface area (TPSA) is 67.3 Å². The number of pyridine rings is 1. The lowest BCUT2D eigenvalue weighted by molar-refractivity contribution is -0.120. The van der Waals surface area contributed by atoms with Crippen molar-refractivity contribution in [2.24, 2.45) is 0 Å². The first-order chi connectivity index (χ1) is 14.6. The van der Waals surface area contributed by atoms with Gasteiger partial charge in [0, 0.05) is 37.1 Å². The van der Waals surface area contributed by atoms with Crippen LogP contribution in [-0.4, -0.2) is 27.8 Å². The molecule has 1 atom stereocenters. The normalized spacial score (nSPS) is 12.5. The molecule has 0 saturated heterocycles. The zero-order chi connectivity index (χ0) is 23.2. The van der Waals surface area contributed by atoms with Crippen molar-refractivity contribution >= 4 is 11.6 Å². The first-order valence-corrected chi connectivity index (χ1v) is 10.4. The number of hydrogen-bond donors (Lipinski definition) is 1. The second kappa shape index (κ2) is 10.5. The van der Waals surface area contributed by atoms with Crippen LogP contribution in [0.4, 0.5) is 8.78 Å². The van der Waals surface area contributed by atoms with Gasteiger partial charge in [0.15, 0.2) is 5.78 Å². The average molecular weight is 430 g/mol. The number of aliphatic hydroxyl groups excluding tert-OH is 1. The number of aromatic nitrogens is 1. The lowest BCUT2D eigenvalue weighted by atomic mass is 9.91. The number of benzene rings is 1. The van der Waals surface area contributed by atoms with Crippen LogP contribution in [0, 0.1) is 0 Å². The molecule has 0 aliphatic rings. The fraction of sp³-hybridized carbons (Fsp3) is 0.400. The molecule has 0 spiro atoms. The summed E-state index contributed by atoms with van der Waals surface area (Å²) in [6.07, 6.45) is 2.78. The van der Waals surface area contributed by atoms with Crippen LogP contribution in [0.2, 0.25) is 0 Å². The Bertz CT molecular complexity index is 969. The van der Waals surface area contributed by atoms with Gasteiger partial charge in [0.05, 0.1) is 6.10 Å². The molecular formula is C25H29F2NO3. The minimum absolute atomic E-state index is 0.0219. The summed E-state index contributed by atoms with van der Waals surface area (Å²) in [6.45, 7) is 8.01. The molecule has 1 N–H and O–H groups in total. The Kier molecular flexibility index (Phi) is 8.34. The molecule has 0 aliphatic heterocycles. The first kappa shape index (κ1) is 24.5. The van der Waals surface area contributed by atoms with Crippen molar-refractivity contribution in [1.82, 2.24) is 4.98 Å². The Hall–Kier alpha value is -2.73. The molecule has 1 unspecified atom stereocenters. The standard InChI is InChI=1S/C25H29F2NO3/c1-5-6-9-20(30)14-21(31)13-18-12-19(15-28-24(18)17(4)29)22-10-7-8-11-23(22)25(26,27)16(2)3/h7-8,10-12,15,20,30H,2,5-6,9,13-14H2,1,3-4H3. The molecule has 0 amide bonds. The molecule has 0 aliphatic carbocycles. The Morgan fingerprint density at radius 2 is 1.90 bits per heavy atom. The molecule has 0 saturated carbocycles. The first-order valence-electron chi connectivity index (χ1n) is 10.4. The number of carbonyl (C=O) groups is 2. The highest BCUT2D eigenvalue weighted by molar-refractivity contribution is 5.96. The van der Waals surface area contributed by atoms with Crippen molar-refractivity contribution in [2.45, 2.75) is 64.9 Å². The minimum atomic E-state index is -3.24. The highest BCUT2D eigenvalue weighted by Crippen LogP contribution is 2.40. The highest BCUT2D eigenvalue weighted by atomic mass is 19.3. The van der Waals surface area contributed by atoms with Crippen molar-refractivity contribution in [3.05, 3.63) is 65.5 Å². The molecule has 31 heavy (non-hydrogen) atoms. The molecule has 0 fully saturated rings. The number of nitrogens with zero attached hydrogens (tertiary/aromatic N) is 1. The second-order valence-electron chi connectivity index (χ2n) is 7.90. The summed E-state index contributed by atoms with van der Waals surface area (Å²) < 4.78 is 29.5. The summed E-state index contributed by atoms with van der Waals surface area (Å²) >= 11 is 0. The van der Waals surface area contributed by atoms with Crippen LogP contribution in [0.15, 0.2) is 48.7 Å². The summed E-state index contributed by atoms with van der Waals surface area (Å²) in [5.41, 5.74) is 0.637. The van der Waals surface area contributed by atoms with Gasteiger partial charge in [-0.3, -0.25) is 14.6 Å². The van der Waals surface area contributed by atoms with Gasteiger partial charge in [-0.1, -0.05) is 50.6 Å². The maximum absolute atomic E-state index is 14.7. The Balaban J connectivity index is 2.43. The van der Waals surface area contributed by atoms with Crippen molar-refractivity contribution < 1.29 is 23.5 Å². The number of ketones is 2. The Morgan fingerprint density at radius 3 is 2.52 bits per heavy atom. The van der Waals surface area contributed by atoms with E-state index in [1.807, 2.05) is 6.92 Å². The van der Waals surface area contributed by atoms with Gasteiger partial charge in [-0.05, 0) is 36.1 Å². The molecule has 1 heterocycles. The van der Waals surface area contributed by atoms with Crippen LogP contribution in [0.25, 0.3) is 11.1 Å². The zero-order valence-corrected chi connectivity index (χ0v) is 18.3. The third-order valence-electron chi connectivity index (χ3n) is 5.15. The summed E-state index contributed by atoms with van der Waals surface area (Å²) in [6, 6.07) is 7.61. The number of rotatable bonds is 11. The molecular weight excluding hydrogens is 400 g/mol. The van der Waals surface area contributed by atoms with E-state index in [2.05, 4.69) is 11.6 Å². The van der Waals surface area contributed by atoms with E-state index >= 15 is 0 Å². The molecule has 166 valence electrons. The molecule has 6 heteroatoms. The predicted octanol–water partition coefficient (Wildman–Crippen LogP) is 5.67. The summed E-state index contributed by atoms with van der Waals surface area (Å²) in [7, 11) is 0. The van der Waals surface area contributed by atoms with E-state index in [-0.39, 0.29) is 46.8 Å². The Morgan fingerprint density at radius 1 is 1.23 bits per heavy atom. The smallest absolute Gasteiger partial charge is 0.294 e. The van der Waals surface area contributed by atoms with Crippen molar-refractivity contribution in [2.75, 3.05) is 0 Å². The van der Waals surface area contributed by atoms with Gasteiger partial charge in [-0.15, -0.1) is 0 Å². The minimum Gasteiger partial charge on any atom is -0.393 e. The summed E-state index contributed by atoms with van der Waals surface area (Å²) in [4.78, 5) is 28.7. The van der Waals surface area contributed by atoms with Gasteiger partial charge in [0.2, 0.25) is 0 Å². The molecule has 0 bridgehead atoms. The van der Waals surface area contributed by atoms with Crippen molar-refractivity contribution in [1.29, 1.82) is 0 Å². The highest BCUT2D eigenvalue weighted by Gasteiger charge is 2.35. The van der Waals surface area contributed by atoms with Crippen LogP contribution in [0.1, 0.15) is 68.1 Å². The number of allylic oxidation sites excluding steroid dienone is 1. The van der Waals surface area contributed by atoms with E-state index in [1.54, 1.807) is 18.2 Å². The van der Waals surface area contributed by atoms with Crippen molar-refractivity contribution in [3.63, 3.8) is 0 Å². The lowest BCUT2D eigenvalue weighted by Gasteiger charge is -2.21. The Labute approximate surface area is 182 Å². The molecule has 1 aromatic carbocycles. The maximum atomic E-state index is 14.7. The molecule has 0 radical (unpaired) electrons. The van der Waals surface area contributed by atoms with Gasteiger partial charge in [-0.2, -0.15) is 8.78 Å². The van der Waals surface area contributed by atoms with E-state index < -0.39 is 12.0 Å². The molecule has 1 aromatic heterocycles. The number of Topliss-reactive ketones (excluding diaryl/α,β-unsaturated/α-hetero) is 2. The number of aliphatic hydroxyl groups is 1. The molecule has 2 rings (SSSR count). The van der Waals surface area contributed by atoms with Gasteiger partial charge >= 0.3 is 0 Å². The zero-order valence-electron chi connectivity index (χ0n) is 18.3. The number of unbranched alkanes of at least 4 members (excludes halogenated alkanes) is 1. The number of carbonyl (C=O) groups excluding carboxylic acids is 2. The van der Waals surface area contributed by atoms with Gasteiger partial charge in [0.1, 0.15) is 11.5 Å². The second-order valence-corrected chi connectivity index (χ2v) is 7.90. The molecule has 4 nitrogen and oxygen atoms in total. The van der Waals surface area contributed by atoms with Crippen LogP contribution in [-0.2, 0) is 17.1 Å².